The summed E-state index contributed by atoms with van der Waals surface area (Å²) in [5, 5.41) is 9.18. The molecule has 1 saturated carbocycles. The number of carboxylic acid groups (broad SMARTS) is 1. The largest absolute Gasteiger partial charge is 0.480 e. The van der Waals surface area contributed by atoms with E-state index in [1.165, 1.54) is 6.42 Å². The second kappa shape index (κ2) is 6.15. The molecule has 1 aliphatic rings. The molecule has 106 valence electrons. The van der Waals surface area contributed by atoms with Crippen molar-refractivity contribution in [2.45, 2.75) is 50.5 Å². The van der Waals surface area contributed by atoms with Crippen molar-refractivity contribution >= 4 is 13.6 Å². The SMILES string of the molecule is NC(CCP(=O)(O)O)(CC1CCCCC1)C(=O)O. The molecule has 0 saturated heterocycles. The van der Waals surface area contributed by atoms with Gasteiger partial charge in [0.25, 0.3) is 0 Å². The molecule has 1 fully saturated rings. The Morgan fingerprint density at radius 3 is 2.28 bits per heavy atom. The summed E-state index contributed by atoms with van der Waals surface area (Å²) in [5.74, 6) is -0.904. The van der Waals surface area contributed by atoms with Crippen LogP contribution < -0.4 is 5.73 Å². The van der Waals surface area contributed by atoms with Crippen molar-refractivity contribution in [3.8, 4) is 0 Å². The number of rotatable bonds is 6. The van der Waals surface area contributed by atoms with Gasteiger partial charge in [0.2, 0.25) is 0 Å². The Hall–Kier alpha value is -0.420. The fraction of sp³-hybridized carbons (Fsp3) is 0.909. The van der Waals surface area contributed by atoms with Crippen LogP contribution >= 0.6 is 7.60 Å². The Morgan fingerprint density at radius 2 is 1.83 bits per heavy atom. The molecule has 1 unspecified atom stereocenters. The molecule has 0 aromatic rings. The number of hydrogen-bond acceptors (Lipinski definition) is 3. The second-order valence-electron chi connectivity index (χ2n) is 5.31. The summed E-state index contributed by atoms with van der Waals surface area (Å²) >= 11 is 0. The molecule has 1 aliphatic carbocycles. The summed E-state index contributed by atoms with van der Waals surface area (Å²) in [6, 6.07) is 0. The average molecular weight is 279 g/mol. The minimum atomic E-state index is -4.20. The van der Waals surface area contributed by atoms with Gasteiger partial charge >= 0.3 is 13.6 Å². The molecule has 6 nitrogen and oxygen atoms in total. The predicted molar refractivity (Wildman–Crippen MR) is 67.3 cm³/mol. The molecular formula is C11H22NO5P. The lowest BCUT2D eigenvalue weighted by Gasteiger charge is -2.31. The van der Waals surface area contributed by atoms with Crippen molar-refractivity contribution in [3.63, 3.8) is 0 Å². The molecule has 0 aliphatic heterocycles. The molecule has 18 heavy (non-hydrogen) atoms. The van der Waals surface area contributed by atoms with Gasteiger partial charge in [-0.3, -0.25) is 9.36 Å². The Balaban J connectivity index is 2.61. The van der Waals surface area contributed by atoms with E-state index >= 15 is 0 Å². The van der Waals surface area contributed by atoms with Crippen molar-refractivity contribution in [2.75, 3.05) is 6.16 Å². The van der Waals surface area contributed by atoms with Gasteiger partial charge in [-0.05, 0) is 18.8 Å². The van der Waals surface area contributed by atoms with Crippen molar-refractivity contribution in [3.05, 3.63) is 0 Å². The van der Waals surface area contributed by atoms with Crippen LogP contribution in [0.5, 0.6) is 0 Å². The summed E-state index contributed by atoms with van der Waals surface area (Å²) in [4.78, 5) is 28.9. The smallest absolute Gasteiger partial charge is 0.325 e. The number of hydrogen-bond donors (Lipinski definition) is 4. The Bertz CT molecular complexity index is 336. The van der Waals surface area contributed by atoms with Crippen LogP contribution in [0.15, 0.2) is 0 Å². The predicted octanol–water partition coefficient (Wildman–Crippen LogP) is 1.31. The lowest BCUT2D eigenvalue weighted by atomic mass is 9.78. The van der Waals surface area contributed by atoms with Crippen LogP contribution in [0.2, 0.25) is 0 Å². The number of nitrogens with two attached hydrogens (primary N) is 1. The Kier molecular flexibility index (Phi) is 5.34. The second-order valence-corrected chi connectivity index (χ2v) is 7.08. The zero-order valence-corrected chi connectivity index (χ0v) is 11.3. The molecule has 1 atom stereocenters. The van der Waals surface area contributed by atoms with Crippen molar-refractivity contribution < 1.29 is 24.3 Å². The topological polar surface area (TPSA) is 121 Å². The van der Waals surface area contributed by atoms with Gasteiger partial charge < -0.3 is 20.6 Å². The van der Waals surface area contributed by atoms with Gasteiger partial charge in [-0.25, -0.2) is 0 Å². The van der Waals surface area contributed by atoms with Crippen molar-refractivity contribution in [1.29, 1.82) is 0 Å². The first-order valence-electron chi connectivity index (χ1n) is 6.30. The highest BCUT2D eigenvalue weighted by molar-refractivity contribution is 7.51. The van der Waals surface area contributed by atoms with E-state index in [-0.39, 0.29) is 12.3 Å². The van der Waals surface area contributed by atoms with E-state index in [9.17, 15) is 14.5 Å². The van der Waals surface area contributed by atoms with Crippen LogP contribution in [0.25, 0.3) is 0 Å². The molecule has 0 aromatic carbocycles. The standard InChI is InChI=1S/C11H22NO5P/c12-11(10(13)14,6-7-18(15,16)17)8-9-4-2-1-3-5-9/h9H,1-8,12H2,(H,13,14)(H2,15,16,17). The van der Waals surface area contributed by atoms with Gasteiger partial charge in [-0.2, -0.15) is 0 Å². The highest BCUT2D eigenvalue weighted by Gasteiger charge is 2.38. The summed E-state index contributed by atoms with van der Waals surface area (Å²) < 4.78 is 10.8. The van der Waals surface area contributed by atoms with Crippen LogP contribution in [0.3, 0.4) is 0 Å². The third-order valence-electron chi connectivity index (χ3n) is 3.65. The number of aliphatic carboxylic acids is 1. The van der Waals surface area contributed by atoms with Crippen LogP contribution in [-0.2, 0) is 9.36 Å². The third-order valence-corrected chi connectivity index (χ3v) is 4.46. The molecule has 1 rings (SSSR count). The quantitative estimate of drug-likeness (QED) is 0.544. The number of carbonyl (C=O) groups is 1. The van der Waals surface area contributed by atoms with Crippen molar-refractivity contribution in [2.24, 2.45) is 11.7 Å². The first-order valence-corrected chi connectivity index (χ1v) is 8.09. The first-order chi connectivity index (χ1) is 8.23. The zero-order valence-electron chi connectivity index (χ0n) is 10.4. The Morgan fingerprint density at radius 1 is 1.28 bits per heavy atom. The Labute approximate surface area is 107 Å². The van der Waals surface area contributed by atoms with Crippen molar-refractivity contribution in [1.82, 2.24) is 0 Å². The van der Waals surface area contributed by atoms with Gasteiger partial charge in [0.1, 0.15) is 5.54 Å². The summed E-state index contributed by atoms with van der Waals surface area (Å²) in [7, 11) is -4.20. The third kappa shape index (κ3) is 5.06. The lowest BCUT2D eigenvalue weighted by molar-refractivity contribution is -0.144. The summed E-state index contributed by atoms with van der Waals surface area (Å²) in [6.07, 6.45) is 4.92. The fourth-order valence-corrected chi connectivity index (χ4v) is 3.24. The van der Waals surface area contributed by atoms with Gasteiger partial charge in [-0.1, -0.05) is 32.1 Å². The normalized spacial score (nSPS) is 21.5. The molecule has 0 bridgehead atoms. The average Bonchev–Trinajstić information content (AvgIpc) is 2.27. The molecule has 0 spiro atoms. The molecule has 5 N–H and O–H groups in total. The molecule has 0 amide bonds. The molecule has 0 aromatic heterocycles. The van der Waals surface area contributed by atoms with E-state index in [0.717, 1.165) is 25.7 Å². The van der Waals surface area contributed by atoms with E-state index in [2.05, 4.69) is 0 Å². The monoisotopic (exact) mass is 279 g/mol. The van der Waals surface area contributed by atoms with E-state index in [4.69, 9.17) is 15.5 Å². The highest BCUT2D eigenvalue weighted by atomic mass is 31.2. The molecular weight excluding hydrogens is 257 g/mol. The number of carboxylic acids is 1. The highest BCUT2D eigenvalue weighted by Crippen LogP contribution is 2.39. The minimum absolute atomic E-state index is 0.177. The zero-order chi connectivity index (χ0) is 13.8. The van der Waals surface area contributed by atoms with E-state index in [0.29, 0.717) is 6.42 Å². The van der Waals surface area contributed by atoms with Crippen LogP contribution in [-0.4, -0.2) is 32.6 Å². The van der Waals surface area contributed by atoms with E-state index in [1.54, 1.807) is 0 Å². The van der Waals surface area contributed by atoms with Gasteiger partial charge in [0.15, 0.2) is 0 Å². The minimum Gasteiger partial charge on any atom is -0.480 e. The van der Waals surface area contributed by atoms with Crippen LogP contribution in [0, 0.1) is 5.92 Å². The maximum absolute atomic E-state index is 11.2. The van der Waals surface area contributed by atoms with E-state index < -0.39 is 25.3 Å². The van der Waals surface area contributed by atoms with E-state index in [1.807, 2.05) is 0 Å². The molecule has 7 heteroatoms. The van der Waals surface area contributed by atoms with Crippen LogP contribution in [0.1, 0.15) is 44.9 Å². The maximum Gasteiger partial charge on any atom is 0.325 e. The summed E-state index contributed by atoms with van der Waals surface area (Å²) in [6.45, 7) is 0. The van der Waals surface area contributed by atoms with Crippen LogP contribution in [0.4, 0.5) is 0 Å². The summed E-state index contributed by atoms with van der Waals surface area (Å²) in [5.41, 5.74) is 4.33. The molecule has 0 heterocycles. The first kappa shape index (κ1) is 15.6. The lowest BCUT2D eigenvalue weighted by Crippen LogP contribution is -2.50. The van der Waals surface area contributed by atoms with Gasteiger partial charge in [0, 0.05) is 0 Å². The van der Waals surface area contributed by atoms with Gasteiger partial charge in [0.05, 0.1) is 6.16 Å². The maximum atomic E-state index is 11.2. The fourth-order valence-electron chi connectivity index (χ4n) is 2.55. The van der Waals surface area contributed by atoms with Gasteiger partial charge in [-0.15, -0.1) is 0 Å². The molecule has 0 radical (unpaired) electrons.